The summed E-state index contributed by atoms with van der Waals surface area (Å²) >= 11 is 0. The fourth-order valence-electron chi connectivity index (χ4n) is 14.6. The van der Waals surface area contributed by atoms with E-state index in [1.165, 1.54) is 144 Å². The van der Waals surface area contributed by atoms with Gasteiger partial charge in [0.15, 0.2) is 0 Å². The predicted octanol–water partition coefficient (Wildman–Crippen LogP) is 28.8. The lowest BCUT2D eigenvalue weighted by molar-refractivity contribution is 0.114. The third kappa shape index (κ3) is 25.5. The fourth-order valence-corrected chi connectivity index (χ4v) is 14.6. The Morgan fingerprint density at radius 2 is 0.653 bits per heavy atom. The predicted molar refractivity (Wildman–Crippen MR) is 431 cm³/mol. The van der Waals surface area contributed by atoms with E-state index in [-0.39, 0.29) is 0 Å². The minimum Gasteiger partial charge on any atom is -0.0625 e. The highest BCUT2D eigenvalue weighted by Gasteiger charge is 2.32. The average Bonchev–Trinajstić information content (AvgIpc) is 0.991. The fraction of sp³-hybridized carbons (Fsp3) is 0.306. The van der Waals surface area contributed by atoms with Crippen LogP contribution in [0.15, 0.2) is 303 Å². The minimum atomic E-state index is 1.04. The zero-order chi connectivity index (χ0) is 69.1. The average molecular weight is 1290 g/mol. The highest BCUT2D eigenvalue weighted by molar-refractivity contribution is 5.85. The largest absolute Gasteiger partial charge is 0.0625 e. The van der Waals surface area contributed by atoms with Crippen molar-refractivity contribution in [3.63, 3.8) is 0 Å². The molecule has 0 radical (unpaired) electrons. The molecule has 506 valence electrons. The van der Waals surface area contributed by atoms with Crippen molar-refractivity contribution in [2.24, 2.45) is 35.5 Å². The van der Waals surface area contributed by atoms with Gasteiger partial charge in [0.25, 0.3) is 0 Å². The van der Waals surface area contributed by atoms with Gasteiger partial charge in [0.1, 0.15) is 0 Å². The minimum absolute atomic E-state index is 1.04. The Balaban J connectivity index is 0.000000141. The third-order valence-corrected chi connectivity index (χ3v) is 20.5. The van der Waals surface area contributed by atoms with Gasteiger partial charge in [0, 0.05) is 0 Å². The molecule has 0 bridgehead atoms. The van der Waals surface area contributed by atoms with Crippen LogP contribution < -0.4 is 0 Å². The maximum Gasteiger partial charge on any atom is -0.0155 e. The first-order chi connectivity index (χ1) is 47.8. The Hall–Kier alpha value is -8.84. The lowest BCUT2D eigenvalue weighted by Crippen LogP contribution is -2.29. The van der Waals surface area contributed by atoms with Gasteiger partial charge in [-0.3, -0.25) is 0 Å². The summed E-state index contributed by atoms with van der Waals surface area (Å²) < 4.78 is 0. The van der Waals surface area contributed by atoms with E-state index in [1.54, 1.807) is 44.9 Å². The Morgan fingerprint density at radius 3 is 1.23 bits per heavy atom. The summed E-state index contributed by atoms with van der Waals surface area (Å²) in [6.07, 6.45) is 21.5. The first-order valence-electron chi connectivity index (χ1n) is 37.1. The topological polar surface area (TPSA) is 0 Å². The maximum atomic E-state index is 2.47. The molecule has 0 nitrogen and oxygen atoms in total. The molecule has 12 aromatic carbocycles. The van der Waals surface area contributed by atoms with Gasteiger partial charge in [0.05, 0.1) is 0 Å². The number of aryl methyl sites for hydroxylation is 8. The number of rotatable bonds is 3. The third-order valence-electron chi connectivity index (χ3n) is 20.5. The lowest BCUT2D eigenvalue weighted by atomic mass is 9.66. The van der Waals surface area contributed by atoms with Gasteiger partial charge in [-0.25, -0.2) is 0 Å². The Labute approximate surface area is 593 Å². The van der Waals surface area contributed by atoms with E-state index >= 15 is 0 Å². The maximum absolute atomic E-state index is 2.47. The molecule has 0 aromatic heterocycles. The van der Waals surface area contributed by atoms with Gasteiger partial charge in [0.2, 0.25) is 0 Å². The molecule has 6 atom stereocenters. The van der Waals surface area contributed by atoms with Gasteiger partial charge in [-0.05, 0) is 187 Å². The van der Waals surface area contributed by atoms with Gasteiger partial charge in [-0.15, -0.1) is 0 Å². The van der Waals surface area contributed by atoms with Gasteiger partial charge >= 0.3 is 0 Å². The SMILES string of the molecule is CC1CCC2CCCCC2C1.CC1CCCC2CCCCC12.Cc1ccc(-c2ccccc2)cc1.Cc1ccc2ccccc2c1.Cc1cccc(-c2ccccc2)c1.Cc1cccc2ccccc12.Cc1ccccc1.Cc1ccccc1-c1ccccc1.Cc1ccccc1C. The Bertz CT molecular complexity index is 4090. The molecule has 0 spiro atoms. The van der Waals surface area contributed by atoms with E-state index < -0.39 is 0 Å². The molecular formula is C98H114. The van der Waals surface area contributed by atoms with Crippen LogP contribution in [0, 0.1) is 90.9 Å². The van der Waals surface area contributed by atoms with Crippen molar-refractivity contribution in [3.05, 3.63) is 348 Å². The Morgan fingerprint density at radius 1 is 0.235 bits per heavy atom. The molecule has 4 saturated carbocycles. The summed E-state index contributed by atoms with van der Waals surface area (Å²) in [6.45, 7) is 21.9. The van der Waals surface area contributed by atoms with E-state index in [2.05, 4.69) is 336 Å². The lowest BCUT2D eigenvalue weighted by Gasteiger charge is -2.39. The van der Waals surface area contributed by atoms with Crippen molar-refractivity contribution in [3.8, 4) is 33.4 Å². The zero-order valence-corrected chi connectivity index (χ0v) is 61.2. The van der Waals surface area contributed by atoms with Crippen LogP contribution in [0.3, 0.4) is 0 Å². The number of benzene rings is 12. The van der Waals surface area contributed by atoms with Crippen LogP contribution in [-0.4, -0.2) is 0 Å². The second-order valence-electron chi connectivity index (χ2n) is 28.4. The molecule has 0 aliphatic heterocycles. The van der Waals surface area contributed by atoms with E-state index in [9.17, 15) is 0 Å². The van der Waals surface area contributed by atoms with E-state index in [1.807, 2.05) is 36.4 Å². The number of fused-ring (bicyclic) bond motifs is 4. The molecule has 4 aliphatic rings. The van der Waals surface area contributed by atoms with E-state index in [0.29, 0.717) is 0 Å². The summed E-state index contributed by atoms with van der Waals surface area (Å²) in [5, 5.41) is 5.33. The summed E-state index contributed by atoms with van der Waals surface area (Å²) in [4.78, 5) is 0. The second kappa shape index (κ2) is 41.4. The standard InChI is InChI=1S/3C13H12.C11H20.C11H10.C11H20.C11H10.C8H10.C7H8/c1-11-7-5-6-10-13(11)12-8-3-2-4-9-12;1-11-6-5-9-13(10-11)12-7-3-2-4-8-12;1-11-7-9-13(10-8-11)12-5-3-2-4-6-12;2*1-9-5-4-7-10-6-2-3-8-11(9)10;2*1-9-6-7-10-4-2-3-5-11(10)8-9;1-7-5-3-4-6-8(7)2;1-7-5-3-2-4-6-7/h3*2-10H,1H3;9-11H,2-8H2,1H3;2-8H,1H3;9-11H,2-8H2,1H3;2-8H,1H3;3-6H,1-2H3;2-6H,1H3. The molecule has 4 fully saturated rings. The monoisotopic (exact) mass is 1290 g/mol. The van der Waals surface area contributed by atoms with Gasteiger partial charge in [-0.1, -0.05) is 410 Å². The van der Waals surface area contributed by atoms with Crippen LogP contribution in [0.2, 0.25) is 0 Å². The summed E-state index contributed by atoms with van der Waals surface area (Å²) in [7, 11) is 0. The normalized spacial score (nSPS) is 17.7. The molecule has 4 aliphatic carbocycles. The van der Waals surface area contributed by atoms with Crippen LogP contribution in [0.4, 0.5) is 0 Å². The molecule has 16 rings (SSSR count). The smallest absolute Gasteiger partial charge is 0.0155 e. The summed E-state index contributed by atoms with van der Waals surface area (Å²) in [5.41, 5.74) is 18.4. The van der Waals surface area contributed by atoms with Crippen LogP contribution in [-0.2, 0) is 0 Å². The molecule has 12 aromatic rings. The highest BCUT2D eigenvalue weighted by Crippen LogP contribution is 2.44. The first kappa shape index (κ1) is 74.9. The van der Waals surface area contributed by atoms with E-state index in [0.717, 1.165) is 35.5 Å². The molecule has 98 heavy (non-hydrogen) atoms. The van der Waals surface area contributed by atoms with Crippen molar-refractivity contribution in [1.82, 2.24) is 0 Å². The summed E-state index contributed by atoms with van der Waals surface area (Å²) in [5.74, 6) is 6.61. The van der Waals surface area contributed by atoms with Crippen molar-refractivity contribution < 1.29 is 0 Å². The van der Waals surface area contributed by atoms with Crippen molar-refractivity contribution in [2.75, 3.05) is 0 Å². The highest BCUT2D eigenvalue weighted by atomic mass is 14.4. The zero-order valence-electron chi connectivity index (χ0n) is 61.2. The first-order valence-corrected chi connectivity index (χ1v) is 37.1. The van der Waals surface area contributed by atoms with Crippen LogP contribution in [0.25, 0.3) is 54.9 Å². The van der Waals surface area contributed by atoms with Crippen LogP contribution in [0.1, 0.15) is 148 Å². The number of hydrogen-bond acceptors (Lipinski definition) is 0. The summed E-state index contributed by atoms with van der Waals surface area (Å²) in [6, 6.07) is 105. The van der Waals surface area contributed by atoms with Crippen molar-refractivity contribution >= 4 is 21.5 Å². The molecule has 6 unspecified atom stereocenters. The van der Waals surface area contributed by atoms with Crippen LogP contribution >= 0.6 is 0 Å². The second-order valence-corrected chi connectivity index (χ2v) is 28.4. The van der Waals surface area contributed by atoms with Crippen LogP contribution in [0.5, 0.6) is 0 Å². The molecule has 0 heterocycles. The van der Waals surface area contributed by atoms with E-state index in [4.69, 9.17) is 0 Å². The molecule has 0 saturated heterocycles. The van der Waals surface area contributed by atoms with Gasteiger partial charge < -0.3 is 0 Å². The van der Waals surface area contributed by atoms with Gasteiger partial charge in [-0.2, -0.15) is 0 Å². The molecule has 0 amide bonds. The van der Waals surface area contributed by atoms with Crippen molar-refractivity contribution in [2.45, 2.75) is 159 Å². The molecular weight excluding hydrogens is 1180 g/mol. The molecule has 0 N–H and O–H groups in total. The number of hydrogen-bond donors (Lipinski definition) is 0. The molecule has 0 heteroatoms. The van der Waals surface area contributed by atoms with Crippen molar-refractivity contribution in [1.29, 1.82) is 0 Å². The Kier molecular flexibility index (Phi) is 31.7. The quantitative estimate of drug-likeness (QED) is 0.165.